The molecule has 0 bridgehead atoms. The van der Waals surface area contributed by atoms with Crippen LogP contribution in [0.2, 0.25) is 0 Å². The van der Waals surface area contributed by atoms with Crippen molar-refractivity contribution in [3.8, 4) is 0 Å². The number of benzene rings is 1. The van der Waals surface area contributed by atoms with Crippen LogP contribution in [0.25, 0.3) is 11.0 Å². The number of imidazole rings is 1. The molecular formula is C14H13BrClN3O. The van der Waals surface area contributed by atoms with E-state index in [0.29, 0.717) is 18.3 Å². The van der Waals surface area contributed by atoms with E-state index in [1.54, 1.807) is 6.20 Å². The minimum absolute atomic E-state index is 0.355. The molecule has 4 nitrogen and oxygen atoms in total. The number of aromatic nitrogens is 3. The normalized spacial score (nSPS) is 11.3. The van der Waals surface area contributed by atoms with Crippen molar-refractivity contribution in [2.75, 3.05) is 0 Å². The Kier molecular flexibility index (Phi) is 3.81. The molecule has 104 valence electrons. The zero-order chi connectivity index (χ0) is 14.1. The van der Waals surface area contributed by atoms with Crippen LogP contribution in [-0.4, -0.2) is 14.5 Å². The Hall–Kier alpha value is -1.33. The predicted octanol–water partition coefficient (Wildman–Crippen LogP) is 4.14. The predicted molar refractivity (Wildman–Crippen MR) is 82.0 cm³/mol. The van der Waals surface area contributed by atoms with Crippen LogP contribution in [0.4, 0.5) is 0 Å². The SMILES string of the molecule is CCc1cnc(Cn2c(CCl)nc3cc(Br)ccc32)o1. The molecule has 2 aromatic heterocycles. The number of hydrogen-bond acceptors (Lipinski definition) is 3. The number of nitrogens with zero attached hydrogens (tertiary/aromatic N) is 3. The number of fused-ring (bicyclic) bond motifs is 1. The lowest BCUT2D eigenvalue weighted by atomic mass is 10.3. The first-order valence-corrected chi connectivity index (χ1v) is 7.68. The summed E-state index contributed by atoms with van der Waals surface area (Å²) in [5, 5.41) is 0. The van der Waals surface area contributed by atoms with Crippen LogP contribution >= 0.6 is 27.5 Å². The van der Waals surface area contributed by atoms with Crippen molar-refractivity contribution in [1.82, 2.24) is 14.5 Å². The van der Waals surface area contributed by atoms with Gasteiger partial charge in [-0.2, -0.15) is 0 Å². The zero-order valence-electron chi connectivity index (χ0n) is 10.9. The Bertz CT molecular complexity index is 750. The molecular weight excluding hydrogens is 342 g/mol. The quantitative estimate of drug-likeness (QED) is 0.662. The lowest BCUT2D eigenvalue weighted by Crippen LogP contribution is -2.04. The van der Waals surface area contributed by atoms with Gasteiger partial charge in [-0.05, 0) is 18.2 Å². The second-order valence-electron chi connectivity index (χ2n) is 4.45. The maximum absolute atomic E-state index is 6.00. The molecule has 3 rings (SSSR count). The standard InChI is InChI=1S/C14H13BrClN3O/c1-2-10-7-17-14(20-10)8-19-12-4-3-9(15)5-11(12)18-13(19)6-16/h3-5,7H,2,6,8H2,1H3. The molecule has 3 aromatic rings. The second-order valence-corrected chi connectivity index (χ2v) is 5.64. The molecule has 0 amide bonds. The van der Waals surface area contributed by atoms with Gasteiger partial charge in [-0.1, -0.05) is 22.9 Å². The third-order valence-corrected chi connectivity index (χ3v) is 3.88. The van der Waals surface area contributed by atoms with E-state index in [1.807, 2.05) is 29.7 Å². The van der Waals surface area contributed by atoms with Gasteiger partial charge in [0.25, 0.3) is 0 Å². The molecule has 2 heterocycles. The Labute approximate surface area is 129 Å². The maximum Gasteiger partial charge on any atom is 0.214 e. The summed E-state index contributed by atoms with van der Waals surface area (Å²) in [6.45, 7) is 2.58. The lowest BCUT2D eigenvalue weighted by molar-refractivity contribution is 0.446. The maximum atomic E-state index is 6.00. The van der Waals surface area contributed by atoms with Crippen LogP contribution in [0, 0.1) is 0 Å². The van der Waals surface area contributed by atoms with Crippen molar-refractivity contribution in [3.63, 3.8) is 0 Å². The van der Waals surface area contributed by atoms with Gasteiger partial charge < -0.3 is 8.98 Å². The molecule has 0 unspecified atom stereocenters. The molecule has 0 spiro atoms. The third kappa shape index (κ3) is 2.47. The van der Waals surface area contributed by atoms with Crippen LogP contribution in [0.1, 0.15) is 24.4 Å². The van der Waals surface area contributed by atoms with Gasteiger partial charge in [0.2, 0.25) is 5.89 Å². The first-order chi connectivity index (χ1) is 9.71. The van der Waals surface area contributed by atoms with E-state index in [2.05, 4.69) is 25.9 Å². The lowest BCUT2D eigenvalue weighted by Gasteiger charge is -2.04. The van der Waals surface area contributed by atoms with Crippen molar-refractivity contribution < 1.29 is 4.42 Å². The minimum atomic E-state index is 0.355. The van der Waals surface area contributed by atoms with Crippen LogP contribution in [-0.2, 0) is 18.8 Å². The molecule has 0 aliphatic heterocycles. The van der Waals surface area contributed by atoms with Crippen LogP contribution in [0.15, 0.2) is 33.3 Å². The number of hydrogen-bond donors (Lipinski definition) is 0. The molecule has 0 saturated heterocycles. The molecule has 0 saturated carbocycles. The number of halogens is 2. The molecule has 0 atom stereocenters. The highest BCUT2D eigenvalue weighted by molar-refractivity contribution is 9.10. The summed E-state index contributed by atoms with van der Waals surface area (Å²) in [5.74, 6) is 2.74. The van der Waals surface area contributed by atoms with Crippen molar-refractivity contribution in [1.29, 1.82) is 0 Å². The minimum Gasteiger partial charge on any atom is -0.444 e. The van der Waals surface area contributed by atoms with Gasteiger partial charge in [0, 0.05) is 10.9 Å². The van der Waals surface area contributed by atoms with Crippen molar-refractivity contribution in [3.05, 3.63) is 46.3 Å². The topological polar surface area (TPSA) is 43.9 Å². The van der Waals surface area contributed by atoms with E-state index >= 15 is 0 Å². The van der Waals surface area contributed by atoms with Gasteiger partial charge in [-0.15, -0.1) is 11.6 Å². The molecule has 0 aliphatic rings. The molecule has 0 radical (unpaired) electrons. The summed E-state index contributed by atoms with van der Waals surface area (Å²) >= 11 is 9.45. The highest BCUT2D eigenvalue weighted by atomic mass is 79.9. The van der Waals surface area contributed by atoms with Crippen molar-refractivity contribution >= 4 is 38.6 Å². The summed E-state index contributed by atoms with van der Waals surface area (Å²) < 4.78 is 8.71. The van der Waals surface area contributed by atoms with E-state index in [9.17, 15) is 0 Å². The van der Waals surface area contributed by atoms with Gasteiger partial charge in [0.05, 0.1) is 23.1 Å². The Balaban J connectivity index is 2.04. The Morgan fingerprint density at radius 2 is 2.25 bits per heavy atom. The zero-order valence-corrected chi connectivity index (χ0v) is 13.3. The Morgan fingerprint density at radius 1 is 1.40 bits per heavy atom. The fourth-order valence-electron chi connectivity index (χ4n) is 2.15. The van der Waals surface area contributed by atoms with Gasteiger partial charge in [-0.3, -0.25) is 0 Å². The van der Waals surface area contributed by atoms with Gasteiger partial charge in [-0.25, -0.2) is 9.97 Å². The smallest absolute Gasteiger partial charge is 0.214 e. The molecule has 0 aliphatic carbocycles. The van der Waals surface area contributed by atoms with Crippen LogP contribution in [0.5, 0.6) is 0 Å². The summed E-state index contributed by atoms with van der Waals surface area (Å²) in [4.78, 5) is 8.84. The fourth-order valence-corrected chi connectivity index (χ4v) is 2.70. The second kappa shape index (κ2) is 5.58. The fraction of sp³-hybridized carbons (Fsp3) is 0.286. The van der Waals surface area contributed by atoms with E-state index in [4.69, 9.17) is 16.0 Å². The molecule has 0 N–H and O–H groups in total. The molecule has 20 heavy (non-hydrogen) atoms. The summed E-state index contributed by atoms with van der Waals surface area (Å²) in [6, 6.07) is 5.99. The number of rotatable bonds is 4. The summed E-state index contributed by atoms with van der Waals surface area (Å²) in [6.07, 6.45) is 2.61. The van der Waals surface area contributed by atoms with Crippen LogP contribution in [0.3, 0.4) is 0 Å². The van der Waals surface area contributed by atoms with E-state index in [-0.39, 0.29) is 0 Å². The summed E-state index contributed by atoms with van der Waals surface area (Å²) in [7, 11) is 0. The van der Waals surface area contributed by atoms with E-state index in [0.717, 1.165) is 33.5 Å². The van der Waals surface area contributed by atoms with Gasteiger partial charge in [0.15, 0.2) is 0 Å². The Morgan fingerprint density at radius 3 is 2.95 bits per heavy atom. The van der Waals surface area contributed by atoms with Gasteiger partial charge in [0.1, 0.15) is 18.1 Å². The molecule has 0 fully saturated rings. The van der Waals surface area contributed by atoms with Crippen molar-refractivity contribution in [2.45, 2.75) is 25.8 Å². The van der Waals surface area contributed by atoms with Crippen molar-refractivity contribution in [2.24, 2.45) is 0 Å². The highest BCUT2D eigenvalue weighted by Crippen LogP contribution is 2.23. The first kappa shape index (κ1) is 13.6. The highest BCUT2D eigenvalue weighted by Gasteiger charge is 2.13. The molecule has 6 heteroatoms. The number of aryl methyl sites for hydroxylation is 1. The summed E-state index contributed by atoms with van der Waals surface area (Å²) in [5.41, 5.74) is 1.94. The first-order valence-electron chi connectivity index (χ1n) is 6.35. The molecule has 1 aromatic carbocycles. The third-order valence-electron chi connectivity index (χ3n) is 3.15. The monoisotopic (exact) mass is 353 g/mol. The number of alkyl halides is 1. The van der Waals surface area contributed by atoms with Crippen LogP contribution < -0.4 is 0 Å². The average Bonchev–Trinajstić information content (AvgIpc) is 3.03. The largest absolute Gasteiger partial charge is 0.444 e. The van der Waals surface area contributed by atoms with Gasteiger partial charge >= 0.3 is 0 Å². The number of oxazole rings is 1. The van der Waals surface area contributed by atoms with E-state index in [1.165, 1.54) is 0 Å². The average molecular weight is 355 g/mol. The van der Waals surface area contributed by atoms with E-state index < -0.39 is 0 Å².